The highest BCUT2D eigenvalue weighted by atomic mass is 16.4. The number of nitrogens with zero attached hydrogens (tertiary/aromatic N) is 2. The van der Waals surface area contributed by atoms with Crippen LogP contribution in [0.25, 0.3) is 11.0 Å². The third kappa shape index (κ3) is 1.65. The van der Waals surface area contributed by atoms with Crippen molar-refractivity contribution in [2.24, 2.45) is 0 Å². The summed E-state index contributed by atoms with van der Waals surface area (Å²) in [6.07, 6.45) is 1.39. The summed E-state index contributed by atoms with van der Waals surface area (Å²) in [4.78, 5) is 17.4. The number of carbonyl (C=O) groups is 1. The van der Waals surface area contributed by atoms with Crippen LogP contribution in [0.2, 0.25) is 0 Å². The van der Waals surface area contributed by atoms with Crippen LogP contribution in [-0.2, 0) is 11.2 Å². The average molecular weight is 201 g/mol. The summed E-state index contributed by atoms with van der Waals surface area (Å²) in [5.41, 5.74) is 2.25. The summed E-state index contributed by atoms with van der Waals surface area (Å²) in [5, 5.41) is 17.5. The predicted octanol–water partition coefficient (Wildman–Crippen LogP) is 1.06. The third-order valence-electron chi connectivity index (χ3n) is 2.06. The molecule has 1 aromatic heterocycles. The van der Waals surface area contributed by atoms with Crippen molar-refractivity contribution in [2.75, 3.05) is 0 Å². The van der Waals surface area contributed by atoms with Gasteiger partial charge in [-0.2, -0.15) is 5.26 Å². The highest BCUT2D eigenvalue weighted by Crippen LogP contribution is 2.17. The topological polar surface area (TPSA) is 89.8 Å². The Balaban J connectivity index is 2.60. The van der Waals surface area contributed by atoms with Crippen molar-refractivity contribution in [3.05, 3.63) is 29.6 Å². The first-order valence-corrected chi connectivity index (χ1v) is 4.28. The normalized spacial score (nSPS) is 10.1. The molecule has 15 heavy (non-hydrogen) atoms. The smallest absolute Gasteiger partial charge is 0.307 e. The largest absolute Gasteiger partial charge is 0.481 e. The minimum absolute atomic E-state index is 0.0936. The third-order valence-corrected chi connectivity index (χ3v) is 2.06. The van der Waals surface area contributed by atoms with Crippen molar-refractivity contribution < 1.29 is 9.90 Å². The number of hydrogen-bond acceptors (Lipinski definition) is 3. The summed E-state index contributed by atoms with van der Waals surface area (Å²) >= 11 is 0. The van der Waals surface area contributed by atoms with Gasteiger partial charge in [0, 0.05) is 0 Å². The summed E-state index contributed by atoms with van der Waals surface area (Å²) < 4.78 is 0. The minimum atomic E-state index is -0.919. The van der Waals surface area contributed by atoms with Crippen molar-refractivity contribution in [3.8, 4) is 6.07 Å². The molecule has 2 N–H and O–H groups in total. The first-order chi connectivity index (χ1) is 7.20. The quantitative estimate of drug-likeness (QED) is 0.760. The molecule has 0 radical (unpaired) electrons. The van der Waals surface area contributed by atoms with Gasteiger partial charge in [0.15, 0.2) is 0 Å². The molecule has 0 spiro atoms. The molecule has 74 valence electrons. The second-order valence-corrected chi connectivity index (χ2v) is 3.12. The average Bonchev–Trinajstić information content (AvgIpc) is 2.63. The van der Waals surface area contributed by atoms with Gasteiger partial charge in [0.05, 0.1) is 23.8 Å². The van der Waals surface area contributed by atoms with Crippen LogP contribution in [0.3, 0.4) is 0 Å². The lowest BCUT2D eigenvalue weighted by Crippen LogP contribution is -2.00. The van der Waals surface area contributed by atoms with Gasteiger partial charge in [-0.05, 0) is 17.7 Å². The number of hydrogen-bond donors (Lipinski definition) is 2. The Morgan fingerprint density at radius 3 is 3.07 bits per heavy atom. The number of rotatable bonds is 2. The van der Waals surface area contributed by atoms with Gasteiger partial charge in [0.2, 0.25) is 0 Å². The van der Waals surface area contributed by atoms with Crippen LogP contribution in [0.4, 0.5) is 0 Å². The van der Waals surface area contributed by atoms with Crippen LogP contribution < -0.4 is 0 Å². The maximum atomic E-state index is 10.5. The molecule has 5 heteroatoms. The lowest BCUT2D eigenvalue weighted by atomic mass is 10.1. The molecule has 0 aliphatic heterocycles. The summed E-state index contributed by atoms with van der Waals surface area (Å²) in [7, 11) is 0. The van der Waals surface area contributed by atoms with E-state index in [0.717, 1.165) is 0 Å². The van der Waals surface area contributed by atoms with Crippen molar-refractivity contribution in [1.29, 1.82) is 5.26 Å². The van der Waals surface area contributed by atoms with Gasteiger partial charge in [-0.3, -0.25) is 4.79 Å². The lowest BCUT2D eigenvalue weighted by Gasteiger charge is -1.98. The molecular weight excluding hydrogens is 194 g/mol. The summed E-state index contributed by atoms with van der Waals surface area (Å²) in [5.74, 6) is -0.919. The molecule has 5 nitrogen and oxygen atoms in total. The monoisotopic (exact) mass is 201 g/mol. The number of aromatic nitrogens is 2. The Hall–Kier alpha value is -2.35. The highest BCUT2D eigenvalue weighted by molar-refractivity contribution is 5.83. The van der Waals surface area contributed by atoms with E-state index in [2.05, 4.69) is 9.97 Å². The fraction of sp³-hybridized carbons (Fsp3) is 0.100. The van der Waals surface area contributed by atoms with Gasteiger partial charge in [-0.1, -0.05) is 0 Å². The SMILES string of the molecule is N#Cc1cc(CC(=O)O)cc2[nH]cnc12. The molecule has 2 rings (SSSR count). The molecule has 0 saturated carbocycles. The number of nitriles is 1. The van der Waals surface area contributed by atoms with Crippen LogP contribution in [0.1, 0.15) is 11.1 Å². The number of carboxylic acids is 1. The second kappa shape index (κ2) is 3.42. The second-order valence-electron chi connectivity index (χ2n) is 3.12. The van der Waals surface area contributed by atoms with Crippen LogP contribution in [-0.4, -0.2) is 21.0 Å². The van der Waals surface area contributed by atoms with E-state index in [0.29, 0.717) is 22.2 Å². The van der Waals surface area contributed by atoms with Crippen molar-refractivity contribution >= 4 is 17.0 Å². The standard InChI is InChI=1S/C10H7N3O2/c11-4-7-1-6(3-9(14)15)2-8-10(7)13-5-12-8/h1-2,5H,3H2,(H,12,13)(H,14,15). The molecule has 1 aromatic carbocycles. The molecule has 0 aliphatic rings. The van der Waals surface area contributed by atoms with Gasteiger partial charge < -0.3 is 10.1 Å². The first-order valence-electron chi connectivity index (χ1n) is 4.28. The minimum Gasteiger partial charge on any atom is -0.481 e. The predicted molar refractivity (Wildman–Crippen MR) is 52.1 cm³/mol. The van der Waals surface area contributed by atoms with Gasteiger partial charge in [0.1, 0.15) is 11.6 Å². The Bertz CT molecular complexity index is 566. The molecule has 0 amide bonds. The Kier molecular flexibility index (Phi) is 2.10. The maximum absolute atomic E-state index is 10.5. The highest BCUT2D eigenvalue weighted by Gasteiger charge is 2.08. The zero-order valence-electron chi connectivity index (χ0n) is 7.69. The first kappa shape index (κ1) is 9.21. The van der Waals surface area contributed by atoms with E-state index < -0.39 is 5.97 Å². The van der Waals surface area contributed by atoms with Gasteiger partial charge >= 0.3 is 5.97 Å². The van der Waals surface area contributed by atoms with Gasteiger partial charge in [-0.25, -0.2) is 4.98 Å². The number of imidazole rings is 1. The van der Waals surface area contributed by atoms with E-state index in [1.807, 2.05) is 6.07 Å². The van der Waals surface area contributed by atoms with Crippen LogP contribution in [0.5, 0.6) is 0 Å². The number of aliphatic carboxylic acids is 1. The number of fused-ring (bicyclic) bond motifs is 1. The van der Waals surface area contributed by atoms with Crippen molar-refractivity contribution in [3.63, 3.8) is 0 Å². The molecule has 0 atom stereocenters. The summed E-state index contributed by atoms with van der Waals surface area (Å²) in [6, 6.07) is 5.24. The molecule has 0 fully saturated rings. The van der Waals surface area contributed by atoms with E-state index in [4.69, 9.17) is 10.4 Å². The number of H-pyrrole nitrogens is 1. The molecule has 0 saturated heterocycles. The van der Waals surface area contributed by atoms with E-state index in [9.17, 15) is 4.79 Å². The zero-order chi connectivity index (χ0) is 10.8. The van der Waals surface area contributed by atoms with Crippen molar-refractivity contribution in [1.82, 2.24) is 9.97 Å². The van der Waals surface area contributed by atoms with Crippen LogP contribution >= 0.6 is 0 Å². The Labute approximate surface area is 85.0 Å². The van der Waals surface area contributed by atoms with E-state index >= 15 is 0 Å². The lowest BCUT2D eigenvalue weighted by molar-refractivity contribution is -0.136. The molecule has 0 bridgehead atoms. The number of carboxylic acid groups (broad SMARTS) is 1. The number of benzene rings is 1. The Morgan fingerprint density at radius 1 is 1.60 bits per heavy atom. The zero-order valence-corrected chi connectivity index (χ0v) is 7.69. The molecule has 1 heterocycles. The summed E-state index contributed by atoms with van der Waals surface area (Å²) in [6.45, 7) is 0. The fourth-order valence-electron chi connectivity index (χ4n) is 1.47. The molecular formula is C10H7N3O2. The maximum Gasteiger partial charge on any atom is 0.307 e. The Morgan fingerprint density at radius 2 is 2.40 bits per heavy atom. The van der Waals surface area contributed by atoms with Gasteiger partial charge in [-0.15, -0.1) is 0 Å². The van der Waals surface area contributed by atoms with Crippen LogP contribution in [0.15, 0.2) is 18.5 Å². The van der Waals surface area contributed by atoms with Crippen LogP contribution in [0, 0.1) is 11.3 Å². The molecule has 0 aliphatic carbocycles. The van der Waals surface area contributed by atoms with E-state index in [1.54, 1.807) is 12.1 Å². The number of nitrogens with one attached hydrogen (secondary N) is 1. The molecule has 0 unspecified atom stereocenters. The van der Waals surface area contributed by atoms with E-state index in [1.165, 1.54) is 6.33 Å². The van der Waals surface area contributed by atoms with Gasteiger partial charge in [0.25, 0.3) is 0 Å². The molecule has 2 aromatic rings. The van der Waals surface area contributed by atoms with Crippen molar-refractivity contribution in [2.45, 2.75) is 6.42 Å². The number of aromatic amines is 1. The fourth-order valence-corrected chi connectivity index (χ4v) is 1.47. The van der Waals surface area contributed by atoms with E-state index in [-0.39, 0.29) is 6.42 Å².